The van der Waals surface area contributed by atoms with Crippen LogP contribution >= 0.6 is 0 Å². The van der Waals surface area contributed by atoms with Crippen LogP contribution in [0.15, 0.2) is 47.7 Å². The zero-order chi connectivity index (χ0) is 25.2. The second kappa shape index (κ2) is 9.32. The van der Waals surface area contributed by atoms with Crippen LogP contribution in [0.2, 0.25) is 0 Å². The summed E-state index contributed by atoms with van der Waals surface area (Å²) >= 11 is 0. The number of alkyl halides is 7. The van der Waals surface area contributed by atoms with Crippen LogP contribution in [0.1, 0.15) is 5.56 Å². The number of rotatable bonds is 6. The number of ether oxygens (including phenoxy) is 3. The van der Waals surface area contributed by atoms with Crippen molar-refractivity contribution < 1.29 is 54.5 Å². The Morgan fingerprint density at radius 3 is 1.79 bits per heavy atom. The van der Waals surface area contributed by atoms with Gasteiger partial charge in [-0.15, -0.1) is 0 Å². The molecule has 0 fully saturated rings. The number of halogens is 7. The number of hydrogen-bond acceptors (Lipinski definition) is 6. The molecule has 13 heteroatoms. The van der Waals surface area contributed by atoms with Crippen molar-refractivity contribution in [3.63, 3.8) is 0 Å². The van der Waals surface area contributed by atoms with Crippen LogP contribution in [0.4, 0.5) is 30.7 Å². The summed E-state index contributed by atoms with van der Waals surface area (Å²) in [6.45, 7) is -0.832. The summed E-state index contributed by atoms with van der Waals surface area (Å²) in [7, 11) is 2.86. The fourth-order valence-electron chi connectivity index (χ4n) is 3.25. The molecule has 1 atom stereocenters. The van der Waals surface area contributed by atoms with Crippen molar-refractivity contribution in [1.82, 2.24) is 4.90 Å². The van der Waals surface area contributed by atoms with Gasteiger partial charge in [-0.1, -0.05) is 12.1 Å². The van der Waals surface area contributed by atoms with E-state index >= 15 is 4.39 Å². The maximum atomic E-state index is 15.3. The zero-order valence-corrected chi connectivity index (χ0v) is 17.4. The number of esters is 2. The molecule has 33 heavy (non-hydrogen) atoms. The van der Waals surface area contributed by atoms with Crippen molar-refractivity contribution in [3.8, 4) is 5.75 Å². The van der Waals surface area contributed by atoms with E-state index in [0.717, 1.165) is 13.2 Å². The first-order valence-corrected chi connectivity index (χ1v) is 9.03. The predicted octanol–water partition coefficient (Wildman–Crippen LogP) is 3.87. The lowest BCUT2D eigenvalue weighted by Crippen LogP contribution is -2.67. The molecule has 1 heterocycles. The maximum absolute atomic E-state index is 15.3. The fraction of sp³-hybridized carbons (Fsp3) is 0.400. The van der Waals surface area contributed by atoms with Gasteiger partial charge in [-0.2, -0.15) is 26.3 Å². The van der Waals surface area contributed by atoms with Crippen molar-refractivity contribution >= 4 is 11.9 Å². The number of benzene rings is 1. The van der Waals surface area contributed by atoms with Crippen LogP contribution in [0.5, 0.6) is 5.75 Å². The lowest BCUT2D eigenvalue weighted by atomic mass is 9.84. The van der Waals surface area contributed by atoms with Gasteiger partial charge < -0.3 is 19.1 Å². The summed E-state index contributed by atoms with van der Waals surface area (Å²) in [4.78, 5) is 24.5. The molecule has 0 amide bonds. The normalized spacial score (nSPS) is 17.2. The van der Waals surface area contributed by atoms with E-state index in [0.29, 0.717) is 18.9 Å². The molecule has 2 rings (SSSR count). The van der Waals surface area contributed by atoms with Gasteiger partial charge in [0.15, 0.2) is 0 Å². The minimum absolute atomic E-state index is 0.0772. The first-order valence-electron chi connectivity index (χ1n) is 9.03. The van der Waals surface area contributed by atoms with E-state index in [9.17, 15) is 35.9 Å². The Balaban J connectivity index is 2.80. The zero-order valence-electron chi connectivity index (χ0n) is 17.4. The highest BCUT2D eigenvalue weighted by Crippen LogP contribution is 2.53. The first kappa shape index (κ1) is 26.0. The fourth-order valence-corrected chi connectivity index (χ4v) is 3.25. The standard InChI is InChI=1S/C20H18F7NO5/c1-31-12-6-4-11(5-7-12)10-28-14(17(30)33-3)9-8-13(16(29)32-2)15(28)18(21,19(22,23)24)20(25,26)27/h4-9,15H,10H2,1-3H3. The van der Waals surface area contributed by atoms with Crippen LogP contribution in [-0.2, 0) is 25.6 Å². The van der Waals surface area contributed by atoms with Gasteiger partial charge in [0.2, 0.25) is 0 Å². The number of carbonyl (C=O) groups is 2. The van der Waals surface area contributed by atoms with Crippen molar-refractivity contribution in [1.29, 1.82) is 0 Å². The Kier molecular flexibility index (Phi) is 7.34. The molecule has 0 saturated carbocycles. The highest BCUT2D eigenvalue weighted by Gasteiger charge is 2.78. The van der Waals surface area contributed by atoms with Crippen LogP contribution in [0.3, 0.4) is 0 Å². The number of allylic oxidation sites excluding steroid dienone is 2. The average Bonchev–Trinajstić information content (AvgIpc) is 2.76. The van der Waals surface area contributed by atoms with Gasteiger partial charge in [-0.3, -0.25) is 0 Å². The van der Waals surface area contributed by atoms with Gasteiger partial charge in [0.05, 0.1) is 26.9 Å². The largest absolute Gasteiger partial charge is 0.497 e. The highest BCUT2D eigenvalue weighted by atomic mass is 19.4. The summed E-state index contributed by atoms with van der Waals surface area (Å²) in [5.41, 5.74) is -8.01. The molecule has 182 valence electrons. The molecule has 1 aliphatic heterocycles. The summed E-state index contributed by atoms with van der Waals surface area (Å²) < 4.78 is 111. The number of methoxy groups -OCH3 is 3. The van der Waals surface area contributed by atoms with Crippen LogP contribution in [0.25, 0.3) is 0 Å². The third kappa shape index (κ3) is 4.76. The molecular weight excluding hydrogens is 467 g/mol. The van der Waals surface area contributed by atoms with E-state index < -0.39 is 53.8 Å². The summed E-state index contributed by atoms with van der Waals surface area (Å²) in [6.07, 6.45) is -11.8. The number of nitrogens with zero attached hydrogens (tertiary/aromatic N) is 1. The molecule has 0 bridgehead atoms. The first-order chi connectivity index (χ1) is 15.2. The van der Waals surface area contributed by atoms with E-state index in [2.05, 4.69) is 9.47 Å². The molecule has 0 radical (unpaired) electrons. The second-order valence-corrected chi connectivity index (χ2v) is 6.74. The molecule has 0 N–H and O–H groups in total. The van der Waals surface area contributed by atoms with Gasteiger partial charge in [0.25, 0.3) is 0 Å². The topological polar surface area (TPSA) is 65.1 Å². The molecule has 1 aromatic rings. The monoisotopic (exact) mass is 485 g/mol. The van der Waals surface area contributed by atoms with Crippen LogP contribution in [0, 0.1) is 0 Å². The van der Waals surface area contributed by atoms with E-state index in [1.807, 2.05) is 0 Å². The van der Waals surface area contributed by atoms with Crippen molar-refractivity contribution in [3.05, 3.63) is 53.3 Å². The minimum Gasteiger partial charge on any atom is -0.497 e. The second-order valence-electron chi connectivity index (χ2n) is 6.74. The van der Waals surface area contributed by atoms with Crippen molar-refractivity contribution in [2.45, 2.75) is 30.6 Å². The lowest BCUT2D eigenvalue weighted by Gasteiger charge is -2.45. The van der Waals surface area contributed by atoms with E-state index in [4.69, 9.17) is 4.74 Å². The van der Waals surface area contributed by atoms with Crippen molar-refractivity contribution in [2.24, 2.45) is 0 Å². The molecule has 1 aliphatic rings. The minimum atomic E-state index is -6.53. The lowest BCUT2D eigenvalue weighted by molar-refractivity contribution is -0.353. The highest BCUT2D eigenvalue weighted by molar-refractivity contribution is 5.94. The third-order valence-corrected chi connectivity index (χ3v) is 4.87. The van der Waals surface area contributed by atoms with Crippen molar-refractivity contribution in [2.75, 3.05) is 21.3 Å². The summed E-state index contributed by atoms with van der Waals surface area (Å²) in [6, 6.07) is 1.90. The van der Waals surface area contributed by atoms with Gasteiger partial charge in [-0.25, -0.2) is 14.0 Å². The molecule has 6 nitrogen and oxygen atoms in total. The quantitative estimate of drug-likeness (QED) is 0.451. The average molecular weight is 485 g/mol. The number of hydrogen-bond donors (Lipinski definition) is 0. The third-order valence-electron chi connectivity index (χ3n) is 4.87. The molecule has 0 saturated heterocycles. The Morgan fingerprint density at radius 2 is 1.36 bits per heavy atom. The summed E-state index contributed by atoms with van der Waals surface area (Å²) in [5.74, 6) is -2.67. The van der Waals surface area contributed by atoms with E-state index in [1.54, 1.807) is 0 Å². The molecular formula is C20H18F7NO5. The molecule has 1 aromatic carbocycles. The van der Waals surface area contributed by atoms with Gasteiger partial charge in [0.1, 0.15) is 17.5 Å². The molecule has 1 unspecified atom stereocenters. The molecule has 0 aliphatic carbocycles. The predicted molar refractivity (Wildman–Crippen MR) is 98.5 cm³/mol. The van der Waals surface area contributed by atoms with E-state index in [1.165, 1.54) is 31.4 Å². The van der Waals surface area contributed by atoms with E-state index in [-0.39, 0.29) is 10.5 Å². The Hall–Kier alpha value is -3.25. The van der Waals surface area contributed by atoms with Gasteiger partial charge >= 0.3 is 30.0 Å². The molecule has 0 aromatic heterocycles. The molecule has 0 spiro atoms. The van der Waals surface area contributed by atoms with Gasteiger partial charge in [-0.05, 0) is 29.8 Å². The Labute approximate surface area is 183 Å². The van der Waals surface area contributed by atoms with Gasteiger partial charge in [0, 0.05) is 6.54 Å². The van der Waals surface area contributed by atoms with Crippen LogP contribution in [-0.4, -0.2) is 62.2 Å². The Morgan fingerprint density at radius 1 is 0.848 bits per heavy atom. The van der Waals surface area contributed by atoms with Crippen LogP contribution < -0.4 is 4.74 Å². The smallest absolute Gasteiger partial charge is 0.434 e. The SMILES string of the molecule is COC(=O)C1=CC=C(C(=O)OC)N(Cc2ccc(OC)cc2)C1C(F)(C(F)(F)F)C(F)(F)F. The maximum Gasteiger partial charge on any atom is 0.434 e. The Bertz CT molecular complexity index is 937. The summed E-state index contributed by atoms with van der Waals surface area (Å²) in [5, 5.41) is 0. The number of carbonyl (C=O) groups excluding carboxylic acids is 2.